The summed E-state index contributed by atoms with van der Waals surface area (Å²) in [6.07, 6.45) is 1.52. The zero-order valence-corrected chi connectivity index (χ0v) is 26.9. The molecule has 0 saturated heterocycles. The van der Waals surface area contributed by atoms with Gasteiger partial charge in [-0.2, -0.15) is 13.2 Å². The lowest BCUT2D eigenvalue weighted by Gasteiger charge is -2.24. The van der Waals surface area contributed by atoms with E-state index >= 15 is 0 Å². The Morgan fingerprint density at radius 1 is 0.958 bits per heavy atom. The molecule has 0 radical (unpaired) electrons. The van der Waals surface area contributed by atoms with E-state index < -0.39 is 12.1 Å². The van der Waals surface area contributed by atoms with Crippen molar-refractivity contribution in [2.75, 3.05) is 29.5 Å². The fourth-order valence-corrected chi connectivity index (χ4v) is 5.63. The van der Waals surface area contributed by atoms with Crippen LogP contribution in [-0.2, 0) is 16.1 Å². The Bertz CT molecular complexity index is 1580. The normalized spacial score (nSPS) is 13.6. The van der Waals surface area contributed by atoms with E-state index in [1.807, 2.05) is 53.1 Å². The third-order valence-electron chi connectivity index (χ3n) is 7.40. The van der Waals surface area contributed by atoms with Gasteiger partial charge in [-0.1, -0.05) is 25.0 Å². The van der Waals surface area contributed by atoms with Gasteiger partial charge in [0.25, 0.3) is 17.7 Å². The number of nitrogens with zero attached hydrogens (tertiary/aromatic N) is 1. The van der Waals surface area contributed by atoms with Gasteiger partial charge in [0, 0.05) is 34.3 Å². The number of carbonyl (C=O) groups is 4. The number of fused-ring (bicyclic) bond motifs is 1. The van der Waals surface area contributed by atoms with Gasteiger partial charge in [-0.15, -0.1) is 11.8 Å². The van der Waals surface area contributed by atoms with Crippen LogP contribution in [0.3, 0.4) is 0 Å². The standard InChI is InChI=1S/C32H36N4O4S.C2HF3O2/c33-17-3-1-2-4-18-41-27-14-10-25(11-15-27)34-31(38)23-7-5-22(6-8-23)20-36(26-12-13-26)32(39)24-9-16-28-29(19-24)40-21-30(37)35-28;3-2(4,5)1(6)7/h5-11,14-16,19,26H,1-4,12-13,17-18,20-21,33H2,(H,34,38)(H,35,37);(H,6,7). The Kier molecular flexibility index (Phi) is 12.9. The number of carbonyl (C=O) groups excluding carboxylic acids is 3. The number of ether oxygens (including phenoxy) is 1. The molecule has 5 rings (SSSR count). The van der Waals surface area contributed by atoms with E-state index in [1.165, 1.54) is 24.2 Å². The van der Waals surface area contributed by atoms with Gasteiger partial charge >= 0.3 is 12.1 Å². The van der Waals surface area contributed by atoms with Crippen LogP contribution in [0.15, 0.2) is 71.6 Å². The van der Waals surface area contributed by atoms with Crippen LogP contribution in [0.1, 0.15) is 64.8 Å². The van der Waals surface area contributed by atoms with Gasteiger partial charge in [0.05, 0.1) is 5.69 Å². The van der Waals surface area contributed by atoms with Gasteiger partial charge in [0.2, 0.25) is 0 Å². The van der Waals surface area contributed by atoms with Gasteiger partial charge in [0.1, 0.15) is 5.75 Å². The SMILES string of the molecule is NCCCCCCSc1ccc(NC(=O)c2ccc(CN(C(=O)c3ccc4c(c3)OCC(=O)N4)C3CC3)cc2)cc1.O=C(O)C(F)(F)F. The molecule has 0 spiro atoms. The van der Waals surface area contributed by atoms with E-state index in [1.54, 1.807) is 30.3 Å². The fraction of sp³-hybridized carbons (Fsp3) is 0.353. The Balaban J connectivity index is 0.000000671. The Morgan fingerprint density at radius 3 is 2.23 bits per heavy atom. The number of benzene rings is 3. The zero-order valence-electron chi connectivity index (χ0n) is 26.1. The molecule has 14 heteroatoms. The van der Waals surface area contributed by atoms with Crippen LogP contribution in [0.25, 0.3) is 0 Å². The van der Waals surface area contributed by atoms with Gasteiger partial charge in [0.15, 0.2) is 6.61 Å². The van der Waals surface area contributed by atoms with E-state index in [-0.39, 0.29) is 30.4 Å². The second-order valence-corrected chi connectivity index (χ2v) is 12.4. The predicted octanol–water partition coefficient (Wildman–Crippen LogP) is 6.32. The lowest BCUT2D eigenvalue weighted by molar-refractivity contribution is -0.192. The van der Waals surface area contributed by atoms with Crippen molar-refractivity contribution in [3.05, 3.63) is 83.4 Å². The molecule has 0 unspecified atom stereocenters. The van der Waals surface area contributed by atoms with Gasteiger partial charge < -0.3 is 31.1 Å². The van der Waals surface area contributed by atoms with Crippen LogP contribution >= 0.6 is 11.8 Å². The third kappa shape index (κ3) is 11.0. The summed E-state index contributed by atoms with van der Waals surface area (Å²) in [4.78, 5) is 49.8. The summed E-state index contributed by atoms with van der Waals surface area (Å²) < 4.78 is 37.2. The number of hydrogen-bond acceptors (Lipinski definition) is 7. The molecule has 48 heavy (non-hydrogen) atoms. The van der Waals surface area contributed by atoms with Crippen molar-refractivity contribution in [1.29, 1.82) is 0 Å². The maximum absolute atomic E-state index is 13.4. The molecule has 0 bridgehead atoms. The average molecular weight is 687 g/mol. The number of rotatable bonds is 13. The second kappa shape index (κ2) is 17.0. The zero-order chi connectivity index (χ0) is 34.7. The van der Waals surface area contributed by atoms with Crippen molar-refractivity contribution in [2.24, 2.45) is 5.73 Å². The lowest BCUT2D eigenvalue weighted by atomic mass is 10.1. The summed E-state index contributed by atoms with van der Waals surface area (Å²) in [7, 11) is 0. The average Bonchev–Trinajstić information content (AvgIpc) is 3.91. The van der Waals surface area contributed by atoms with Crippen molar-refractivity contribution in [3.8, 4) is 5.75 Å². The number of amides is 3. The van der Waals surface area contributed by atoms with Gasteiger partial charge in [-0.05, 0) is 98.1 Å². The number of carboxylic acids is 1. The summed E-state index contributed by atoms with van der Waals surface area (Å²) >= 11 is 1.83. The molecule has 1 heterocycles. The van der Waals surface area contributed by atoms with Crippen molar-refractivity contribution in [2.45, 2.75) is 62.2 Å². The number of hydrogen-bond donors (Lipinski definition) is 4. The van der Waals surface area contributed by atoms with E-state index in [0.717, 1.165) is 42.8 Å². The molecule has 0 aromatic heterocycles. The minimum atomic E-state index is -5.08. The summed E-state index contributed by atoms with van der Waals surface area (Å²) in [5.74, 6) is -1.63. The first-order chi connectivity index (χ1) is 22.9. The number of thioether (sulfide) groups is 1. The lowest BCUT2D eigenvalue weighted by Crippen LogP contribution is -2.33. The number of unbranched alkanes of at least 4 members (excludes halogenated alkanes) is 3. The molecule has 256 valence electrons. The van der Waals surface area contributed by atoms with E-state index in [9.17, 15) is 27.6 Å². The van der Waals surface area contributed by atoms with Crippen molar-refractivity contribution in [3.63, 3.8) is 0 Å². The number of alkyl halides is 3. The minimum Gasteiger partial charge on any atom is -0.482 e. The smallest absolute Gasteiger partial charge is 0.482 e. The molecule has 1 aliphatic heterocycles. The topological polar surface area (TPSA) is 151 Å². The highest BCUT2D eigenvalue weighted by atomic mass is 32.2. The monoisotopic (exact) mass is 686 g/mol. The first-order valence-electron chi connectivity index (χ1n) is 15.5. The van der Waals surface area contributed by atoms with Crippen LogP contribution in [0.2, 0.25) is 0 Å². The van der Waals surface area contributed by atoms with E-state index in [0.29, 0.717) is 29.1 Å². The van der Waals surface area contributed by atoms with Crippen molar-refractivity contribution < 1.29 is 42.2 Å². The van der Waals surface area contributed by atoms with Crippen LogP contribution in [-0.4, -0.2) is 64.8 Å². The summed E-state index contributed by atoms with van der Waals surface area (Å²) in [6, 6.07) is 20.6. The number of nitrogens with one attached hydrogen (secondary N) is 2. The quantitative estimate of drug-likeness (QED) is 0.121. The molecule has 3 aromatic rings. The number of carboxylic acid groups (broad SMARTS) is 1. The predicted molar refractivity (Wildman–Crippen MR) is 176 cm³/mol. The Morgan fingerprint density at radius 2 is 1.60 bits per heavy atom. The highest BCUT2D eigenvalue weighted by Gasteiger charge is 2.38. The van der Waals surface area contributed by atoms with Crippen LogP contribution in [0.4, 0.5) is 24.5 Å². The number of halogens is 3. The minimum absolute atomic E-state index is 0.0580. The largest absolute Gasteiger partial charge is 0.490 e. The molecule has 10 nitrogen and oxygen atoms in total. The van der Waals surface area contributed by atoms with Gasteiger partial charge in [-0.3, -0.25) is 14.4 Å². The number of anilines is 2. The summed E-state index contributed by atoms with van der Waals surface area (Å²) in [5, 5.41) is 12.8. The first-order valence-corrected chi connectivity index (χ1v) is 16.4. The number of nitrogens with two attached hydrogens (primary N) is 1. The second-order valence-electron chi connectivity index (χ2n) is 11.2. The molecule has 1 fully saturated rings. The highest BCUT2D eigenvalue weighted by Crippen LogP contribution is 2.33. The van der Waals surface area contributed by atoms with Crippen LogP contribution in [0, 0.1) is 0 Å². The molecular weight excluding hydrogens is 649 g/mol. The molecule has 3 amide bonds. The van der Waals surface area contributed by atoms with Crippen molar-refractivity contribution in [1.82, 2.24) is 4.90 Å². The van der Waals surface area contributed by atoms with Gasteiger partial charge in [-0.25, -0.2) is 4.79 Å². The molecule has 1 saturated carbocycles. The summed E-state index contributed by atoms with van der Waals surface area (Å²) in [5.41, 5.74) is 8.90. The van der Waals surface area contributed by atoms with Crippen LogP contribution in [0.5, 0.6) is 5.75 Å². The van der Waals surface area contributed by atoms with E-state index in [4.69, 9.17) is 20.4 Å². The summed E-state index contributed by atoms with van der Waals surface area (Å²) in [6.45, 7) is 1.16. The molecular formula is C34H37F3N4O6S. The number of aliphatic carboxylic acids is 1. The Labute approximate surface area is 280 Å². The fourth-order valence-electron chi connectivity index (χ4n) is 4.71. The molecule has 3 aromatic carbocycles. The highest BCUT2D eigenvalue weighted by molar-refractivity contribution is 7.99. The van der Waals surface area contributed by atoms with Crippen molar-refractivity contribution >= 4 is 46.8 Å². The molecule has 5 N–H and O–H groups in total. The maximum Gasteiger partial charge on any atom is 0.490 e. The van der Waals surface area contributed by atoms with E-state index in [2.05, 4.69) is 10.6 Å². The third-order valence-corrected chi connectivity index (χ3v) is 8.50. The molecule has 1 aliphatic carbocycles. The van der Waals surface area contributed by atoms with Crippen LogP contribution < -0.4 is 21.1 Å². The maximum atomic E-state index is 13.4. The first kappa shape index (κ1) is 36.3. The molecule has 2 aliphatic rings. The Hall–Kier alpha value is -4.56. The molecule has 0 atom stereocenters.